The number of nitrogens with zero attached hydrogens (tertiary/aromatic N) is 1. The third-order valence-electron chi connectivity index (χ3n) is 6.90. The first kappa shape index (κ1) is 24.2. The number of H-pyrrole nitrogens is 1. The number of carbonyl (C=O) groups is 1. The van der Waals surface area contributed by atoms with Gasteiger partial charge >= 0.3 is 0 Å². The summed E-state index contributed by atoms with van der Waals surface area (Å²) in [7, 11) is -3.68. The van der Waals surface area contributed by atoms with Gasteiger partial charge in [0.2, 0.25) is 15.9 Å². The second-order valence-corrected chi connectivity index (χ2v) is 11.2. The molecule has 2 heterocycles. The molecule has 2 aromatic carbocycles. The Labute approximate surface area is 211 Å². The molecule has 8 heteroatoms. The Morgan fingerprint density at radius 1 is 0.972 bits per heavy atom. The highest BCUT2D eigenvalue weighted by atomic mass is 32.2. The minimum atomic E-state index is -3.68. The molecule has 4 aromatic rings. The number of hydrogen-bond acceptors (Lipinski definition) is 4. The monoisotopic (exact) mass is 502 g/mol. The molecule has 0 saturated heterocycles. The Morgan fingerprint density at radius 2 is 1.72 bits per heavy atom. The molecule has 0 aliphatic heterocycles. The maximum absolute atomic E-state index is 13.1. The molecule has 36 heavy (non-hydrogen) atoms. The van der Waals surface area contributed by atoms with Crippen molar-refractivity contribution in [3.05, 3.63) is 84.7 Å². The van der Waals surface area contributed by atoms with Crippen molar-refractivity contribution in [2.75, 3.05) is 0 Å². The van der Waals surface area contributed by atoms with Crippen LogP contribution in [0.3, 0.4) is 0 Å². The highest BCUT2D eigenvalue weighted by Gasteiger charge is 2.30. The van der Waals surface area contributed by atoms with Gasteiger partial charge in [0, 0.05) is 34.8 Å². The van der Waals surface area contributed by atoms with Crippen LogP contribution >= 0.6 is 0 Å². The van der Waals surface area contributed by atoms with Crippen LogP contribution in [0.5, 0.6) is 0 Å². The fourth-order valence-corrected chi connectivity index (χ4v) is 6.18. The molecule has 1 aliphatic carbocycles. The lowest BCUT2D eigenvalue weighted by Gasteiger charge is -2.29. The average Bonchev–Trinajstić information content (AvgIpc) is 3.33. The lowest BCUT2D eigenvalue weighted by molar-refractivity contribution is -0.126. The van der Waals surface area contributed by atoms with E-state index in [1.165, 1.54) is 0 Å². The van der Waals surface area contributed by atoms with E-state index in [0.717, 1.165) is 27.9 Å². The Morgan fingerprint density at radius 3 is 2.44 bits per heavy atom. The Kier molecular flexibility index (Phi) is 6.89. The first-order chi connectivity index (χ1) is 17.4. The van der Waals surface area contributed by atoms with Crippen LogP contribution < -0.4 is 10.0 Å². The standard InChI is InChI=1S/C28H30N4O3S/c1-19(25-9-5-6-16-29-25)30-28(33)21-10-13-23(14-11-21)32-36(34,35)24-15-12-22-17-26(31-27(22)18-24)20-7-3-2-4-8-20/h2-9,12,15-19,21,23,31-32H,10-11,13-14H2,1H3,(H,30,33). The first-order valence-electron chi connectivity index (χ1n) is 12.3. The number of carbonyl (C=O) groups excluding carboxylic acids is 1. The molecular weight excluding hydrogens is 472 g/mol. The summed E-state index contributed by atoms with van der Waals surface area (Å²) in [6.07, 6.45) is 4.25. The Balaban J connectivity index is 1.20. The van der Waals surface area contributed by atoms with Crippen LogP contribution in [0.1, 0.15) is 44.3 Å². The topological polar surface area (TPSA) is 104 Å². The molecule has 0 spiro atoms. The average molecular weight is 503 g/mol. The van der Waals surface area contributed by atoms with Crippen molar-refractivity contribution in [3.8, 4) is 11.3 Å². The number of fused-ring (bicyclic) bond motifs is 1. The van der Waals surface area contributed by atoms with Crippen molar-refractivity contribution in [2.45, 2.75) is 49.6 Å². The first-order valence-corrected chi connectivity index (χ1v) is 13.8. The Hall–Kier alpha value is -3.49. The molecule has 1 fully saturated rings. The summed E-state index contributed by atoms with van der Waals surface area (Å²) in [5.41, 5.74) is 3.59. The van der Waals surface area contributed by atoms with E-state index in [0.29, 0.717) is 25.7 Å². The van der Waals surface area contributed by atoms with Gasteiger partial charge in [0.15, 0.2) is 0 Å². The third-order valence-corrected chi connectivity index (χ3v) is 8.42. The summed E-state index contributed by atoms with van der Waals surface area (Å²) < 4.78 is 29.1. The van der Waals surface area contributed by atoms with E-state index in [1.807, 2.05) is 67.6 Å². The van der Waals surface area contributed by atoms with E-state index in [1.54, 1.807) is 18.3 Å². The van der Waals surface area contributed by atoms with Crippen molar-refractivity contribution in [2.24, 2.45) is 5.92 Å². The quantitative estimate of drug-likeness (QED) is 0.333. The van der Waals surface area contributed by atoms with Crippen LogP contribution in [-0.4, -0.2) is 30.3 Å². The molecule has 1 amide bonds. The summed E-state index contributed by atoms with van der Waals surface area (Å²) in [5, 5.41) is 4.00. The van der Waals surface area contributed by atoms with Gasteiger partial charge in [0.1, 0.15) is 0 Å². The number of sulfonamides is 1. The van der Waals surface area contributed by atoms with Gasteiger partial charge in [-0.1, -0.05) is 42.5 Å². The van der Waals surface area contributed by atoms with E-state index in [4.69, 9.17) is 0 Å². The highest BCUT2D eigenvalue weighted by Crippen LogP contribution is 2.28. The summed E-state index contributed by atoms with van der Waals surface area (Å²) in [6, 6.07) is 22.4. The van der Waals surface area contributed by atoms with Gasteiger partial charge in [-0.25, -0.2) is 13.1 Å². The molecule has 3 N–H and O–H groups in total. The maximum Gasteiger partial charge on any atom is 0.240 e. The fourth-order valence-electron chi connectivity index (χ4n) is 4.84. The van der Waals surface area contributed by atoms with E-state index in [2.05, 4.69) is 20.0 Å². The minimum absolute atomic E-state index is 0.000812. The van der Waals surface area contributed by atoms with E-state index in [9.17, 15) is 13.2 Å². The molecule has 1 unspecified atom stereocenters. The smallest absolute Gasteiger partial charge is 0.240 e. The van der Waals surface area contributed by atoms with Crippen LogP contribution in [0.25, 0.3) is 22.2 Å². The van der Waals surface area contributed by atoms with Gasteiger partial charge < -0.3 is 10.3 Å². The number of rotatable bonds is 7. The molecule has 2 aromatic heterocycles. The molecule has 186 valence electrons. The number of pyridine rings is 1. The second-order valence-electron chi connectivity index (χ2n) is 9.45. The minimum Gasteiger partial charge on any atom is -0.354 e. The normalized spacial score (nSPS) is 19.1. The van der Waals surface area contributed by atoms with Gasteiger partial charge in [0.25, 0.3) is 0 Å². The maximum atomic E-state index is 13.1. The van der Waals surface area contributed by atoms with Gasteiger partial charge in [-0.2, -0.15) is 0 Å². The third kappa shape index (κ3) is 5.34. The summed E-state index contributed by atoms with van der Waals surface area (Å²) >= 11 is 0. The predicted octanol–water partition coefficient (Wildman–Crippen LogP) is 4.94. The van der Waals surface area contributed by atoms with E-state index < -0.39 is 10.0 Å². The largest absolute Gasteiger partial charge is 0.354 e. The number of aromatic nitrogens is 2. The van der Waals surface area contributed by atoms with Crippen molar-refractivity contribution in [3.63, 3.8) is 0 Å². The number of aromatic amines is 1. The molecule has 5 rings (SSSR count). The molecule has 0 bridgehead atoms. The van der Waals surface area contributed by atoms with Gasteiger partial charge in [-0.05, 0) is 68.5 Å². The second kappa shape index (κ2) is 10.2. The van der Waals surface area contributed by atoms with Crippen LogP contribution in [0, 0.1) is 5.92 Å². The van der Waals surface area contributed by atoms with Crippen molar-refractivity contribution < 1.29 is 13.2 Å². The summed E-state index contributed by atoms with van der Waals surface area (Å²) in [5.74, 6) is -0.121. The fraction of sp³-hybridized carbons (Fsp3) is 0.286. The molecular formula is C28H30N4O3S. The van der Waals surface area contributed by atoms with Crippen molar-refractivity contribution in [1.29, 1.82) is 0 Å². The van der Waals surface area contributed by atoms with E-state index >= 15 is 0 Å². The molecule has 1 saturated carbocycles. The lowest BCUT2D eigenvalue weighted by atomic mass is 9.86. The summed E-state index contributed by atoms with van der Waals surface area (Å²) in [6.45, 7) is 1.92. The SMILES string of the molecule is CC(NC(=O)C1CCC(NS(=O)(=O)c2ccc3cc(-c4ccccc4)[nH]c3c2)CC1)c1ccccn1. The van der Waals surface area contributed by atoms with Gasteiger partial charge in [-0.15, -0.1) is 0 Å². The summed E-state index contributed by atoms with van der Waals surface area (Å²) in [4.78, 5) is 20.6. The molecule has 1 atom stereocenters. The van der Waals surface area contributed by atoms with Gasteiger partial charge in [-0.3, -0.25) is 9.78 Å². The van der Waals surface area contributed by atoms with Crippen LogP contribution in [-0.2, 0) is 14.8 Å². The molecule has 7 nitrogen and oxygen atoms in total. The zero-order valence-electron chi connectivity index (χ0n) is 20.1. The van der Waals surface area contributed by atoms with Crippen LogP contribution in [0.4, 0.5) is 0 Å². The number of hydrogen-bond donors (Lipinski definition) is 3. The zero-order valence-corrected chi connectivity index (χ0v) is 21.0. The molecule has 1 aliphatic rings. The highest BCUT2D eigenvalue weighted by molar-refractivity contribution is 7.89. The zero-order chi connectivity index (χ0) is 25.1. The van der Waals surface area contributed by atoms with Gasteiger partial charge in [0.05, 0.1) is 16.6 Å². The van der Waals surface area contributed by atoms with E-state index in [-0.39, 0.29) is 28.8 Å². The van der Waals surface area contributed by atoms with Crippen LogP contribution in [0.2, 0.25) is 0 Å². The number of nitrogens with one attached hydrogen (secondary N) is 3. The lowest BCUT2D eigenvalue weighted by Crippen LogP contribution is -2.41. The number of benzene rings is 2. The van der Waals surface area contributed by atoms with Crippen LogP contribution in [0.15, 0.2) is 83.9 Å². The molecule has 0 radical (unpaired) electrons. The predicted molar refractivity (Wildman–Crippen MR) is 141 cm³/mol. The Bertz CT molecular complexity index is 1440. The van der Waals surface area contributed by atoms with Crippen molar-refractivity contribution >= 4 is 26.8 Å². The number of amides is 1. The van der Waals surface area contributed by atoms with Crippen molar-refractivity contribution in [1.82, 2.24) is 20.0 Å².